The number of hydrogen-bond donors (Lipinski definition) is 1. The summed E-state index contributed by atoms with van der Waals surface area (Å²) in [5, 5.41) is 10.2. The van der Waals surface area contributed by atoms with Crippen LogP contribution in [0.4, 0.5) is 0 Å². The van der Waals surface area contributed by atoms with Gasteiger partial charge in [-0.1, -0.05) is 24.3 Å². The van der Waals surface area contributed by atoms with E-state index >= 15 is 0 Å². The summed E-state index contributed by atoms with van der Waals surface area (Å²) in [7, 11) is 2.06. The van der Waals surface area contributed by atoms with Crippen molar-refractivity contribution >= 4 is 0 Å². The van der Waals surface area contributed by atoms with E-state index in [4.69, 9.17) is 4.74 Å². The molecule has 3 nitrogen and oxygen atoms in total. The number of likely N-dealkylation sites (N-methyl/N-ethyl adjacent to an activating group) is 1. The second-order valence-electron chi connectivity index (χ2n) is 5.38. The second kappa shape index (κ2) is 8.31. The quantitative estimate of drug-likeness (QED) is 0.784. The maximum atomic E-state index is 10.2. The van der Waals surface area contributed by atoms with E-state index in [-0.39, 0.29) is 12.2 Å². The molecule has 0 heterocycles. The Bertz CT molecular complexity index is 366. The van der Waals surface area contributed by atoms with Crippen molar-refractivity contribution in [2.75, 3.05) is 26.7 Å². The number of ether oxygens (including phenoxy) is 1. The summed E-state index contributed by atoms with van der Waals surface area (Å²) in [5.41, 5.74) is 2.19. The summed E-state index contributed by atoms with van der Waals surface area (Å²) >= 11 is 0. The van der Waals surface area contributed by atoms with Gasteiger partial charge in [0.15, 0.2) is 0 Å². The molecule has 19 heavy (non-hydrogen) atoms. The molecular formula is C16H27NO2. The van der Waals surface area contributed by atoms with E-state index in [0.717, 1.165) is 37.2 Å². The first-order valence-electron chi connectivity index (χ1n) is 7.04. The third-order valence-corrected chi connectivity index (χ3v) is 3.26. The molecule has 0 aliphatic carbocycles. The van der Waals surface area contributed by atoms with Crippen molar-refractivity contribution in [3.63, 3.8) is 0 Å². The van der Waals surface area contributed by atoms with E-state index in [9.17, 15) is 5.11 Å². The molecule has 3 heteroatoms. The number of aryl methyl sites for hydroxylation is 1. The fourth-order valence-corrected chi connectivity index (χ4v) is 2.01. The highest BCUT2D eigenvalue weighted by atomic mass is 16.5. The maximum absolute atomic E-state index is 10.2. The van der Waals surface area contributed by atoms with E-state index in [1.54, 1.807) is 0 Å². The van der Waals surface area contributed by atoms with Gasteiger partial charge in [-0.25, -0.2) is 0 Å². The van der Waals surface area contributed by atoms with Gasteiger partial charge in [0.1, 0.15) is 0 Å². The average molecular weight is 265 g/mol. The van der Waals surface area contributed by atoms with Crippen molar-refractivity contribution in [1.82, 2.24) is 4.90 Å². The Hall–Kier alpha value is -0.900. The Morgan fingerprint density at radius 2 is 1.89 bits per heavy atom. The maximum Gasteiger partial charge on any atom is 0.0804 e. The van der Waals surface area contributed by atoms with Crippen molar-refractivity contribution in [1.29, 1.82) is 0 Å². The van der Waals surface area contributed by atoms with Crippen LogP contribution in [-0.4, -0.2) is 42.9 Å². The molecule has 0 amide bonds. The highest BCUT2D eigenvalue weighted by Gasteiger charge is 2.10. The minimum Gasteiger partial charge on any atom is -0.388 e. The Balaban J connectivity index is 2.30. The molecule has 0 spiro atoms. The van der Waals surface area contributed by atoms with E-state index in [2.05, 4.69) is 11.9 Å². The van der Waals surface area contributed by atoms with Crippen molar-refractivity contribution < 1.29 is 9.84 Å². The number of hydrogen-bond acceptors (Lipinski definition) is 3. The number of rotatable bonds is 8. The van der Waals surface area contributed by atoms with Gasteiger partial charge in [-0.2, -0.15) is 0 Å². The molecular weight excluding hydrogens is 238 g/mol. The molecule has 0 radical (unpaired) electrons. The van der Waals surface area contributed by atoms with Crippen molar-refractivity contribution in [2.45, 2.75) is 39.4 Å². The van der Waals surface area contributed by atoms with Crippen LogP contribution in [0.3, 0.4) is 0 Å². The molecule has 1 aromatic carbocycles. The Labute approximate surface area is 117 Å². The Morgan fingerprint density at radius 1 is 1.21 bits per heavy atom. The Kier molecular flexibility index (Phi) is 7.06. The molecule has 0 saturated carbocycles. The summed E-state index contributed by atoms with van der Waals surface area (Å²) in [6.45, 7) is 8.65. The highest BCUT2D eigenvalue weighted by molar-refractivity contribution is 5.27. The van der Waals surface area contributed by atoms with E-state index < -0.39 is 0 Å². The van der Waals surface area contributed by atoms with Gasteiger partial charge >= 0.3 is 0 Å². The van der Waals surface area contributed by atoms with Gasteiger partial charge in [0.05, 0.1) is 18.8 Å². The smallest absolute Gasteiger partial charge is 0.0804 e. The number of nitrogens with zero attached hydrogens (tertiary/aromatic N) is 1. The first kappa shape index (κ1) is 16.2. The van der Waals surface area contributed by atoms with Crippen molar-refractivity contribution in [3.8, 4) is 0 Å². The molecule has 1 unspecified atom stereocenters. The van der Waals surface area contributed by atoms with Gasteiger partial charge in [0, 0.05) is 13.1 Å². The summed E-state index contributed by atoms with van der Waals surface area (Å²) in [6, 6.07) is 8.02. The molecule has 1 atom stereocenters. The molecule has 0 aliphatic heterocycles. The van der Waals surface area contributed by atoms with E-state index in [0.29, 0.717) is 0 Å². The van der Waals surface area contributed by atoms with Crippen LogP contribution in [0, 0.1) is 6.92 Å². The van der Waals surface area contributed by atoms with Gasteiger partial charge < -0.3 is 14.7 Å². The highest BCUT2D eigenvalue weighted by Crippen LogP contribution is 2.20. The topological polar surface area (TPSA) is 32.7 Å². The van der Waals surface area contributed by atoms with Crippen LogP contribution in [0.5, 0.6) is 0 Å². The van der Waals surface area contributed by atoms with Crippen molar-refractivity contribution in [3.05, 3.63) is 35.4 Å². The largest absolute Gasteiger partial charge is 0.388 e. The summed E-state index contributed by atoms with van der Waals surface area (Å²) in [6.07, 6.45) is 0.656. The van der Waals surface area contributed by atoms with Crippen LogP contribution in [-0.2, 0) is 4.74 Å². The molecule has 108 valence electrons. The van der Waals surface area contributed by atoms with Gasteiger partial charge in [0.25, 0.3) is 0 Å². The van der Waals surface area contributed by atoms with Crippen LogP contribution in [0.2, 0.25) is 0 Å². The third kappa shape index (κ3) is 6.19. The van der Waals surface area contributed by atoms with Gasteiger partial charge in [-0.15, -0.1) is 0 Å². The molecule has 1 aromatic rings. The van der Waals surface area contributed by atoms with Crippen molar-refractivity contribution in [2.24, 2.45) is 0 Å². The third-order valence-electron chi connectivity index (χ3n) is 3.26. The van der Waals surface area contributed by atoms with Crippen LogP contribution in [0.1, 0.15) is 37.5 Å². The monoisotopic (exact) mass is 265 g/mol. The minimum absolute atomic E-state index is 0.283. The van der Waals surface area contributed by atoms with Gasteiger partial charge in [-0.05, 0) is 45.4 Å². The fourth-order valence-electron chi connectivity index (χ4n) is 2.01. The SMILES string of the molecule is Cc1ccccc1C(O)CCN(C)CCOC(C)C. The fraction of sp³-hybridized carbons (Fsp3) is 0.625. The molecule has 0 fully saturated rings. The molecule has 0 saturated heterocycles. The normalized spacial score (nSPS) is 13.2. The van der Waals surface area contributed by atoms with E-state index in [1.807, 2.05) is 45.0 Å². The Morgan fingerprint density at radius 3 is 2.53 bits per heavy atom. The average Bonchev–Trinajstić information content (AvgIpc) is 2.36. The lowest BCUT2D eigenvalue weighted by Gasteiger charge is -2.20. The molecule has 0 bridgehead atoms. The summed E-state index contributed by atoms with van der Waals surface area (Å²) in [4.78, 5) is 2.20. The van der Waals surface area contributed by atoms with Crippen LogP contribution < -0.4 is 0 Å². The first-order chi connectivity index (χ1) is 9.00. The van der Waals surface area contributed by atoms with E-state index in [1.165, 1.54) is 0 Å². The molecule has 0 aliphatic rings. The van der Waals surface area contributed by atoms with Crippen LogP contribution in [0.15, 0.2) is 24.3 Å². The summed E-state index contributed by atoms with van der Waals surface area (Å²) < 4.78 is 5.52. The second-order valence-corrected chi connectivity index (χ2v) is 5.38. The predicted molar refractivity (Wildman–Crippen MR) is 79.3 cm³/mol. The molecule has 1 rings (SSSR count). The minimum atomic E-state index is -0.380. The zero-order valence-corrected chi connectivity index (χ0v) is 12.6. The molecule has 0 aromatic heterocycles. The number of aliphatic hydroxyl groups is 1. The standard InChI is InChI=1S/C16H27NO2/c1-13(2)19-12-11-17(4)10-9-16(18)15-8-6-5-7-14(15)3/h5-8,13,16,18H,9-12H2,1-4H3. The zero-order chi connectivity index (χ0) is 14.3. The lowest BCUT2D eigenvalue weighted by Crippen LogP contribution is -2.26. The zero-order valence-electron chi connectivity index (χ0n) is 12.6. The lowest BCUT2D eigenvalue weighted by atomic mass is 10.0. The number of benzene rings is 1. The van der Waals surface area contributed by atoms with Crippen LogP contribution >= 0.6 is 0 Å². The lowest BCUT2D eigenvalue weighted by molar-refractivity contribution is 0.0601. The summed E-state index contributed by atoms with van der Waals surface area (Å²) in [5.74, 6) is 0. The first-order valence-corrected chi connectivity index (χ1v) is 7.04. The predicted octanol–water partition coefficient (Wildman–Crippen LogP) is 2.78. The molecule has 1 N–H and O–H groups in total. The van der Waals surface area contributed by atoms with Gasteiger partial charge in [-0.3, -0.25) is 0 Å². The number of aliphatic hydroxyl groups excluding tert-OH is 1. The van der Waals surface area contributed by atoms with Gasteiger partial charge in [0.2, 0.25) is 0 Å². The van der Waals surface area contributed by atoms with Crippen LogP contribution in [0.25, 0.3) is 0 Å².